The Labute approximate surface area is 198 Å². The Morgan fingerprint density at radius 3 is 2.44 bits per heavy atom. The third-order valence-electron chi connectivity index (χ3n) is 6.12. The van der Waals surface area contributed by atoms with Crippen LogP contribution in [0.25, 0.3) is 0 Å². The number of nitrogens with zero attached hydrogens (tertiary/aromatic N) is 3. The summed E-state index contributed by atoms with van der Waals surface area (Å²) in [5, 5.41) is 5.55. The van der Waals surface area contributed by atoms with Gasteiger partial charge in [0.1, 0.15) is 17.6 Å². The molecule has 2 fully saturated rings. The van der Waals surface area contributed by atoms with E-state index < -0.39 is 53.3 Å². The molecule has 3 aliphatic rings. The van der Waals surface area contributed by atoms with E-state index in [4.69, 9.17) is 16.3 Å². The summed E-state index contributed by atoms with van der Waals surface area (Å²) in [4.78, 5) is 52.6. The lowest BCUT2D eigenvalue weighted by atomic mass is 9.86. The van der Waals surface area contributed by atoms with Crippen molar-refractivity contribution >= 4 is 47.1 Å². The van der Waals surface area contributed by atoms with Crippen LogP contribution < -0.4 is 9.64 Å². The zero-order valence-corrected chi connectivity index (χ0v) is 18.5. The second kappa shape index (κ2) is 8.18. The van der Waals surface area contributed by atoms with E-state index in [9.17, 15) is 23.6 Å². The topological polar surface area (TPSA) is 96.3 Å². The molecule has 0 spiro atoms. The number of esters is 1. The molecule has 34 heavy (non-hydrogen) atoms. The second-order valence-corrected chi connectivity index (χ2v) is 8.52. The highest BCUT2D eigenvalue weighted by Gasteiger charge is 2.64. The first-order valence-corrected chi connectivity index (χ1v) is 10.8. The van der Waals surface area contributed by atoms with Crippen molar-refractivity contribution in [1.82, 2.24) is 5.01 Å². The van der Waals surface area contributed by atoms with Gasteiger partial charge in [-0.1, -0.05) is 17.7 Å². The average molecular weight is 482 g/mol. The molecule has 2 amide bonds. The van der Waals surface area contributed by atoms with Gasteiger partial charge in [0.25, 0.3) is 0 Å². The van der Waals surface area contributed by atoms with Gasteiger partial charge in [-0.2, -0.15) is 5.10 Å². The summed E-state index contributed by atoms with van der Waals surface area (Å²) in [5.41, 5.74) is 0.413. The van der Waals surface area contributed by atoms with Gasteiger partial charge >= 0.3 is 5.97 Å². The van der Waals surface area contributed by atoms with Gasteiger partial charge < -0.3 is 4.74 Å². The van der Waals surface area contributed by atoms with Crippen molar-refractivity contribution in [1.29, 1.82) is 0 Å². The number of amides is 2. The summed E-state index contributed by atoms with van der Waals surface area (Å²) in [6, 6.07) is 7.90. The number of halogens is 2. The highest BCUT2D eigenvalue weighted by molar-refractivity contribution is 6.31. The maximum absolute atomic E-state index is 13.7. The van der Waals surface area contributed by atoms with Crippen LogP contribution in [0.3, 0.4) is 0 Å². The van der Waals surface area contributed by atoms with Crippen molar-refractivity contribution in [3.05, 3.63) is 71.0 Å². The monoisotopic (exact) mass is 481 g/mol. The number of ether oxygens (including phenoxy) is 1. The summed E-state index contributed by atoms with van der Waals surface area (Å²) in [7, 11) is 0. The molecule has 172 valence electrons. The van der Waals surface area contributed by atoms with Crippen molar-refractivity contribution in [2.24, 2.45) is 16.9 Å². The van der Waals surface area contributed by atoms with Crippen molar-refractivity contribution < 1.29 is 28.3 Å². The largest absolute Gasteiger partial charge is 0.427 e. The molecule has 3 aliphatic heterocycles. The number of rotatable bonds is 4. The van der Waals surface area contributed by atoms with E-state index in [-0.39, 0.29) is 22.0 Å². The van der Waals surface area contributed by atoms with Crippen molar-refractivity contribution in [2.75, 3.05) is 4.90 Å². The number of Topliss-reactive ketones (excluding diaryl/α,β-unsaturated/α-hetero) is 1. The quantitative estimate of drug-likeness (QED) is 0.288. The summed E-state index contributed by atoms with van der Waals surface area (Å²) < 4.78 is 18.7. The maximum Gasteiger partial charge on any atom is 0.308 e. The molecule has 8 nitrogen and oxygen atoms in total. The number of hydrogen-bond donors (Lipinski definition) is 0. The molecular formula is C24H17ClFN3O5. The van der Waals surface area contributed by atoms with Crippen LogP contribution in [0.4, 0.5) is 10.1 Å². The van der Waals surface area contributed by atoms with E-state index in [1.54, 1.807) is 12.2 Å². The minimum atomic E-state index is -1.03. The van der Waals surface area contributed by atoms with Gasteiger partial charge in [0.15, 0.2) is 5.78 Å². The van der Waals surface area contributed by atoms with Gasteiger partial charge in [-0.25, -0.2) is 9.29 Å². The fraction of sp³-hybridized carbons (Fsp3) is 0.208. The molecule has 10 heteroatoms. The minimum absolute atomic E-state index is 0.141. The predicted octanol–water partition coefficient (Wildman–Crippen LogP) is 3.00. The van der Waals surface area contributed by atoms with Gasteiger partial charge in [-0.15, -0.1) is 0 Å². The van der Waals surface area contributed by atoms with Crippen LogP contribution in [0.15, 0.2) is 59.7 Å². The summed E-state index contributed by atoms with van der Waals surface area (Å²) in [5.74, 6) is -4.23. The van der Waals surface area contributed by atoms with Crippen LogP contribution >= 0.6 is 11.6 Å². The summed E-state index contributed by atoms with van der Waals surface area (Å²) in [6.07, 6.45) is 4.89. The summed E-state index contributed by atoms with van der Waals surface area (Å²) >= 11 is 5.87. The highest BCUT2D eigenvalue weighted by atomic mass is 35.5. The third-order valence-corrected chi connectivity index (χ3v) is 6.41. The van der Waals surface area contributed by atoms with E-state index >= 15 is 0 Å². The molecule has 0 saturated carbocycles. The first-order chi connectivity index (χ1) is 16.3. The number of anilines is 1. The lowest BCUT2D eigenvalue weighted by molar-refractivity contribution is -0.132. The molecule has 2 aromatic rings. The Kier molecular flexibility index (Phi) is 5.28. The molecule has 4 atom stereocenters. The fourth-order valence-corrected chi connectivity index (χ4v) is 4.91. The SMILES string of the molecule is CC(=O)Oc1ccc(C(=O)[C@@H]2[C@@H]3C(=O)N(c4ccc(F)c(Cl)c4)C(=O)[C@@H]3[C@@H]3C=CC=NN23)cc1. The number of imide groups is 1. The Morgan fingerprint density at radius 2 is 1.76 bits per heavy atom. The number of hydrazone groups is 1. The normalized spacial score (nSPS) is 24.9. The van der Waals surface area contributed by atoms with E-state index in [1.165, 1.54) is 54.5 Å². The van der Waals surface area contributed by atoms with Crippen LogP contribution in [0.2, 0.25) is 5.02 Å². The van der Waals surface area contributed by atoms with Gasteiger partial charge in [0, 0.05) is 18.7 Å². The smallest absolute Gasteiger partial charge is 0.308 e. The van der Waals surface area contributed by atoms with Crippen molar-refractivity contribution in [3.63, 3.8) is 0 Å². The molecular weight excluding hydrogens is 465 g/mol. The lowest BCUT2D eigenvalue weighted by Crippen LogP contribution is -2.46. The van der Waals surface area contributed by atoms with Crippen LogP contribution in [0.1, 0.15) is 17.3 Å². The van der Waals surface area contributed by atoms with E-state index in [0.29, 0.717) is 0 Å². The van der Waals surface area contributed by atoms with E-state index in [2.05, 4.69) is 5.10 Å². The first kappa shape index (κ1) is 22.0. The zero-order valence-electron chi connectivity index (χ0n) is 17.7. The Hall–Kier alpha value is -3.85. The van der Waals surface area contributed by atoms with Crippen LogP contribution in [-0.4, -0.2) is 46.9 Å². The molecule has 0 radical (unpaired) electrons. The number of benzene rings is 2. The Morgan fingerprint density at radius 1 is 1.06 bits per heavy atom. The van der Waals surface area contributed by atoms with Crippen LogP contribution in [-0.2, 0) is 14.4 Å². The molecule has 2 saturated heterocycles. The second-order valence-electron chi connectivity index (χ2n) is 8.11. The van der Waals surface area contributed by atoms with Gasteiger partial charge in [-0.05, 0) is 48.5 Å². The van der Waals surface area contributed by atoms with Crippen molar-refractivity contribution in [2.45, 2.75) is 19.0 Å². The number of ketones is 1. The molecule has 0 aliphatic carbocycles. The molecule has 2 aromatic carbocycles. The van der Waals surface area contributed by atoms with E-state index in [1.807, 2.05) is 0 Å². The van der Waals surface area contributed by atoms with Crippen LogP contribution in [0, 0.1) is 17.7 Å². The number of carbonyl (C=O) groups is 4. The standard InChI is InChI=1S/C24H17ClFN3O5/c1-12(30)34-15-7-4-13(5-8-15)22(31)21-20-19(18-3-2-10-27-29(18)21)23(32)28(24(20)33)14-6-9-17(26)16(25)11-14/h2-11,18-21H,1H3/t18-,19+,20+,21-/m0/s1. The number of allylic oxidation sites excluding steroid dienone is 1. The van der Waals surface area contributed by atoms with Gasteiger partial charge in [-0.3, -0.25) is 24.2 Å². The van der Waals surface area contributed by atoms with Crippen LogP contribution in [0.5, 0.6) is 5.75 Å². The molecule has 3 heterocycles. The Balaban J connectivity index is 1.52. The van der Waals surface area contributed by atoms with Crippen molar-refractivity contribution in [3.8, 4) is 5.75 Å². The molecule has 0 unspecified atom stereocenters. The predicted molar refractivity (Wildman–Crippen MR) is 120 cm³/mol. The molecule has 5 rings (SSSR count). The third kappa shape index (κ3) is 3.40. The fourth-order valence-electron chi connectivity index (χ4n) is 4.74. The average Bonchev–Trinajstić information content (AvgIpc) is 3.28. The Bertz CT molecular complexity index is 1290. The lowest BCUT2D eigenvalue weighted by Gasteiger charge is -2.30. The van der Waals surface area contributed by atoms with E-state index in [0.717, 1.165) is 11.0 Å². The number of carbonyl (C=O) groups excluding carboxylic acids is 4. The minimum Gasteiger partial charge on any atom is -0.427 e. The zero-order chi connectivity index (χ0) is 24.1. The molecule has 0 N–H and O–H groups in total. The number of fused-ring (bicyclic) bond motifs is 3. The van der Waals surface area contributed by atoms with Gasteiger partial charge in [0.2, 0.25) is 11.8 Å². The highest BCUT2D eigenvalue weighted by Crippen LogP contribution is 2.46. The molecule has 0 bridgehead atoms. The maximum atomic E-state index is 13.7. The molecule has 0 aromatic heterocycles. The van der Waals surface area contributed by atoms with Gasteiger partial charge in [0.05, 0.1) is 28.6 Å². The first-order valence-electron chi connectivity index (χ1n) is 10.4. The summed E-state index contributed by atoms with van der Waals surface area (Å²) in [6.45, 7) is 1.27. The number of hydrogen-bond acceptors (Lipinski definition) is 7.